The first-order valence-electron chi connectivity index (χ1n) is 6.73. The fraction of sp³-hybridized carbons (Fsp3) is 0.294. The Bertz CT molecular complexity index is 583. The summed E-state index contributed by atoms with van der Waals surface area (Å²) in [5.74, 6) is 0.0324. The monoisotopic (exact) mass is 273 g/mol. The molecule has 0 heterocycles. The molecule has 1 atom stereocenters. The number of nitrogens with two attached hydrogens (primary N) is 1. The average molecular weight is 273 g/mol. The van der Waals surface area contributed by atoms with Crippen LogP contribution >= 0.6 is 0 Å². The summed E-state index contributed by atoms with van der Waals surface area (Å²) in [4.78, 5) is 0. The van der Waals surface area contributed by atoms with Gasteiger partial charge in [0.1, 0.15) is 0 Å². The molecule has 2 nitrogen and oxygen atoms in total. The van der Waals surface area contributed by atoms with Gasteiger partial charge >= 0.3 is 0 Å². The van der Waals surface area contributed by atoms with Crippen LogP contribution in [0.2, 0.25) is 0 Å². The summed E-state index contributed by atoms with van der Waals surface area (Å²) in [6.45, 7) is 2.55. The lowest BCUT2D eigenvalue weighted by atomic mass is 9.91. The van der Waals surface area contributed by atoms with Gasteiger partial charge in [-0.1, -0.05) is 35.9 Å². The Labute approximate surface area is 119 Å². The van der Waals surface area contributed by atoms with Gasteiger partial charge in [-0.3, -0.25) is 0 Å². The average Bonchev–Trinajstić information content (AvgIpc) is 2.44. The predicted molar refractivity (Wildman–Crippen MR) is 79.6 cm³/mol. The van der Waals surface area contributed by atoms with Crippen molar-refractivity contribution in [1.29, 1.82) is 0 Å². The maximum atomic E-state index is 13.8. The molecule has 1 unspecified atom stereocenters. The van der Waals surface area contributed by atoms with Crippen molar-refractivity contribution in [3.05, 3.63) is 65.0 Å². The minimum absolute atomic E-state index is 0.109. The van der Waals surface area contributed by atoms with Crippen LogP contribution in [0.3, 0.4) is 0 Å². The molecule has 0 fully saturated rings. The number of halogens is 1. The van der Waals surface area contributed by atoms with Crippen molar-refractivity contribution in [2.45, 2.75) is 19.3 Å². The summed E-state index contributed by atoms with van der Waals surface area (Å²) in [6.07, 6.45) is 0.809. The predicted octanol–water partition coefficient (Wildman–Crippen LogP) is 3.43. The van der Waals surface area contributed by atoms with Crippen molar-refractivity contribution >= 4 is 0 Å². The number of ether oxygens (including phenoxy) is 1. The summed E-state index contributed by atoms with van der Waals surface area (Å²) in [5.41, 5.74) is 9.21. The van der Waals surface area contributed by atoms with Crippen LogP contribution < -0.4 is 10.5 Å². The Morgan fingerprint density at radius 3 is 2.60 bits per heavy atom. The van der Waals surface area contributed by atoms with Crippen LogP contribution in [0.5, 0.6) is 5.75 Å². The number of aryl methyl sites for hydroxylation is 1. The molecule has 0 radical (unpaired) electrons. The molecule has 0 aromatic heterocycles. The quantitative estimate of drug-likeness (QED) is 0.906. The molecule has 20 heavy (non-hydrogen) atoms. The van der Waals surface area contributed by atoms with Crippen LogP contribution in [0.1, 0.15) is 22.6 Å². The van der Waals surface area contributed by atoms with Crippen LogP contribution in [0.25, 0.3) is 0 Å². The number of methoxy groups -OCH3 is 1. The second kappa shape index (κ2) is 6.53. The number of hydrogen-bond acceptors (Lipinski definition) is 2. The van der Waals surface area contributed by atoms with Crippen LogP contribution in [0.4, 0.5) is 4.39 Å². The second-order valence-electron chi connectivity index (χ2n) is 5.02. The van der Waals surface area contributed by atoms with E-state index in [-0.39, 0.29) is 17.5 Å². The van der Waals surface area contributed by atoms with Crippen LogP contribution in [-0.2, 0) is 6.42 Å². The maximum absolute atomic E-state index is 13.8. The SMILES string of the molecule is COc1ccc(C(CN)Cc2cccc(C)c2)cc1F. The van der Waals surface area contributed by atoms with E-state index >= 15 is 0 Å². The first-order chi connectivity index (χ1) is 9.63. The minimum Gasteiger partial charge on any atom is -0.494 e. The molecule has 3 heteroatoms. The molecule has 0 spiro atoms. The van der Waals surface area contributed by atoms with Crippen LogP contribution in [-0.4, -0.2) is 13.7 Å². The zero-order valence-electron chi connectivity index (χ0n) is 11.9. The molecule has 0 aliphatic carbocycles. The summed E-state index contributed by atoms with van der Waals surface area (Å²) in [6, 6.07) is 13.4. The highest BCUT2D eigenvalue weighted by Gasteiger charge is 2.13. The highest BCUT2D eigenvalue weighted by Crippen LogP contribution is 2.25. The first-order valence-corrected chi connectivity index (χ1v) is 6.73. The van der Waals surface area contributed by atoms with Gasteiger partial charge in [0.25, 0.3) is 0 Å². The van der Waals surface area contributed by atoms with Crippen molar-refractivity contribution in [1.82, 2.24) is 0 Å². The van der Waals surface area contributed by atoms with E-state index in [1.807, 2.05) is 12.1 Å². The first kappa shape index (κ1) is 14.5. The van der Waals surface area contributed by atoms with Gasteiger partial charge in [0.05, 0.1) is 7.11 Å². The van der Waals surface area contributed by atoms with Crippen LogP contribution in [0.15, 0.2) is 42.5 Å². The molecular formula is C17H20FNO. The summed E-state index contributed by atoms with van der Waals surface area (Å²) in [5, 5.41) is 0. The zero-order valence-corrected chi connectivity index (χ0v) is 11.9. The van der Waals surface area contributed by atoms with Gasteiger partial charge in [-0.05, 0) is 43.1 Å². The molecule has 2 rings (SSSR count). The largest absolute Gasteiger partial charge is 0.494 e. The molecule has 2 aromatic rings. The normalized spacial score (nSPS) is 12.2. The van der Waals surface area contributed by atoms with E-state index in [9.17, 15) is 4.39 Å². The van der Waals surface area contributed by atoms with E-state index in [0.29, 0.717) is 6.54 Å². The van der Waals surface area contributed by atoms with E-state index in [1.165, 1.54) is 24.3 Å². The Balaban J connectivity index is 2.22. The number of rotatable bonds is 5. The topological polar surface area (TPSA) is 35.2 Å². The fourth-order valence-electron chi connectivity index (χ4n) is 2.40. The Kier molecular flexibility index (Phi) is 4.74. The standard InChI is InChI=1S/C17H20FNO/c1-12-4-3-5-13(8-12)9-15(11-19)14-6-7-17(20-2)16(18)10-14/h3-8,10,15H,9,11,19H2,1-2H3. The maximum Gasteiger partial charge on any atom is 0.165 e. The highest BCUT2D eigenvalue weighted by atomic mass is 19.1. The lowest BCUT2D eigenvalue weighted by Crippen LogP contribution is -2.15. The molecule has 0 aliphatic heterocycles. The molecule has 0 saturated heterocycles. The smallest absolute Gasteiger partial charge is 0.165 e. The van der Waals surface area contributed by atoms with Crippen molar-refractivity contribution in [2.24, 2.45) is 5.73 Å². The number of hydrogen-bond donors (Lipinski definition) is 1. The van der Waals surface area contributed by atoms with Crippen molar-refractivity contribution in [3.8, 4) is 5.75 Å². The van der Waals surface area contributed by atoms with Crippen molar-refractivity contribution < 1.29 is 9.13 Å². The third-order valence-corrected chi connectivity index (χ3v) is 3.50. The molecule has 106 valence electrons. The van der Waals surface area contributed by atoms with Gasteiger partial charge in [-0.25, -0.2) is 4.39 Å². The van der Waals surface area contributed by atoms with Gasteiger partial charge in [-0.15, -0.1) is 0 Å². The lowest BCUT2D eigenvalue weighted by Gasteiger charge is -2.16. The second-order valence-corrected chi connectivity index (χ2v) is 5.02. The highest BCUT2D eigenvalue weighted by molar-refractivity contribution is 5.33. The number of benzene rings is 2. The summed E-state index contributed by atoms with van der Waals surface area (Å²) < 4.78 is 18.7. The third-order valence-electron chi connectivity index (χ3n) is 3.50. The summed E-state index contributed by atoms with van der Waals surface area (Å²) in [7, 11) is 1.46. The van der Waals surface area contributed by atoms with Crippen molar-refractivity contribution in [3.63, 3.8) is 0 Å². The van der Waals surface area contributed by atoms with Gasteiger partial charge in [0, 0.05) is 5.92 Å². The van der Waals surface area contributed by atoms with Gasteiger partial charge in [0.15, 0.2) is 11.6 Å². The Morgan fingerprint density at radius 1 is 1.20 bits per heavy atom. The van der Waals surface area contributed by atoms with E-state index < -0.39 is 0 Å². The van der Waals surface area contributed by atoms with Gasteiger partial charge in [0.2, 0.25) is 0 Å². The molecule has 2 aromatic carbocycles. The fourth-order valence-corrected chi connectivity index (χ4v) is 2.40. The van der Waals surface area contributed by atoms with Crippen LogP contribution in [0, 0.1) is 12.7 Å². The Hall–Kier alpha value is -1.87. The third kappa shape index (κ3) is 3.36. The molecular weight excluding hydrogens is 253 g/mol. The minimum atomic E-state index is -0.340. The molecule has 0 bridgehead atoms. The van der Waals surface area contributed by atoms with Gasteiger partial charge < -0.3 is 10.5 Å². The lowest BCUT2D eigenvalue weighted by molar-refractivity contribution is 0.386. The van der Waals surface area contributed by atoms with E-state index in [2.05, 4.69) is 25.1 Å². The van der Waals surface area contributed by atoms with Crippen molar-refractivity contribution in [2.75, 3.05) is 13.7 Å². The summed E-state index contributed by atoms with van der Waals surface area (Å²) >= 11 is 0. The molecule has 2 N–H and O–H groups in total. The van der Waals surface area contributed by atoms with E-state index in [0.717, 1.165) is 12.0 Å². The van der Waals surface area contributed by atoms with E-state index in [1.54, 1.807) is 6.07 Å². The molecule has 0 saturated carbocycles. The zero-order chi connectivity index (χ0) is 14.5. The molecule has 0 aliphatic rings. The van der Waals surface area contributed by atoms with E-state index in [4.69, 9.17) is 10.5 Å². The van der Waals surface area contributed by atoms with Gasteiger partial charge in [-0.2, -0.15) is 0 Å². The Morgan fingerprint density at radius 2 is 2.00 bits per heavy atom. The molecule has 0 amide bonds.